The second kappa shape index (κ2) is 6.19. The van der Waals surface area contributed by atoms with Gasteiger partial charge in [0.05, 0.1) is 6.20 Å². The Bertz CT molecular complexity index is 439. The Kier molecular flexibility index (Phi) is 4.32. The fourth-order valence-corrected chi connectivity index (χ4v) is 3.01. The van der Waals surface area contributed by atoms with Crippen LogP contribution in [0.15, 0.2) is 18.5 Å². The van der Waals surface area contributed by atoms with Crippen molar-refractivity contribution in [3.63, 3.8) is 0 Å². The highest BCUT2D eigenvalue weighted by atomic mass is 19.1. The summed E-state index contributed by atoms with van der Waals surface area (Å²) in [5.41, 5.74) is 0.981. The van der Waals surface area contributed by atoms with Crippen LogP contribution in [-0.4, -0.2) is 35.6 Å². The molecule has 3 nitrogen and oxygen atoms in total. The highest BCUT2D eigenvalue weighted by Crippen LogP contribution is 2.29. The third-order valence-electron chi connectivity index (χ3n) is 4.68. The lowest BCUT2D eigenvalue weighted by Gasteiger charge is -2.36. The molecule has 2 heterocycles. The Morgan fingerprint density at radius 3 is 2.70 bits per heavy atom. The Balaban J connectivity index is 1.49. The maximum absolute atomic E-state index is 13.2. The van der Waals surface area contributed by atoms with Gasteiger partial charge in [0.1, 0.15) is 5.82 Å². The smallest absolute Gasteiger partial charge is 0.141 e. The largest absolute Gasteiger partial charge is 0.314 e. The van der Waals surface area contributed by atoms with E-state index in [0.29, 0.717) is 6.04 Å². The van der Waals surface area contributed by atoms with Crippen LogP contribution < -0.4 is 5.32 Å². The van der Waals surface area contributed by atoms with E-state index in [1.807, 2.05) is 0 Å². The van der Waals surface area contributed by atoms with E-state index in [4.69, 9.17) is 0 Å². The molecule has 1 saturated heterocycles. The Morgan fingerprint density at radius 1 is 1.30 bits per heavy atom. The minimum Gasteiger partial charge on any atom is -0.314 e. The van der Waals surface area contributed by atoms with Gasteiger partial charge in [-0.05, 0) is 56.7 Å². The van der Waals surface area contributed by atoms with E-state index in [0.717, 1.165) is 24.6 Å². The lowest BCUT2D eigenvalue weighted by atomic mass is 10.0. The van der Waals surface area contributed by atoms with Gasteiger partial charge in [-0.3, -0.25) is 9.88 Å². The molecule has 0 radical (unpaired) electrons. The molecule has 1 aromatic rings. The lowest BCUT2D eigenvalue weighted by molar-refractivity contribution is 0.152. The maximum Gasteiger partial charge on any atom is 0.141 e. The summed E-state index contributed by atoms with van der Waals surface area (Å²) in [5, 5.41) is 3.69. The van der Waals surface area contributed by atoms with E-state index in [1.165, 1.54) is 38.4 Å². The zero-order chi connectivity index (χ0) is 13.9. The van der Waals surface area contributed by atoms with E-state index < -0.39 is 0 Å². The molecule has 0 amide bonds. The molecule has 1 saturated carbocycles. The van der Waals surface area contributed by atoms with Crippen LogP contribution in [0.2, 0.25) is 0 Å². The molecule has 0 bridgehead atoms. The summed E-state index contributed by atoms with van der Waals surface area (Å²) in [6.07, 6.45) is 8.26. The van der Waals surface area contributed by atoms with Crippen molar-refractivity contribution >= 4 is 0 Å². The van der Waals surface area contributed by atoms with Crippen LogP contribution in [0.3, 0.4) is 0 Å². The van der Waals surface area contributed by atoms with Crippen LogP contribution in [-0.2, 0) is 0 Å². The number of rotatable bonds is 5. The van der Waals surface area contributed by atoms with Gasteiger partial charge in [-0.25, -0.2) is 4.39 Å². The first-order valence-corrected chi connectivity index (χ1v) is 7.80. The predicted molar refractivity (Wildman–Crippen MR) is 77.9 cm³/mol. The van der Waals surface area contributed by atoms with Crippen molar-refractivity contribution in [1.82, 2.24) is 15.2 Å². The molecule has 20 heavy (non-hydrogen) atoms. The van der Waals surface area contributed by atoms with Gasteiger partial charge in [-0.15, -0.1) is 0 Å². The quantitative estimate of drug-likeness (QED) is 0.897. The Labute approximate surface area is 120 Å². The predicted octanol–water partition coefficient (Wildman–Crippen LogP) is 2.75. The molecular weight excluding hydrogens is 253 g/mol. The van der Waals surface area contributed by atoms with Crippen LogP contribution in [0.4, 0.5) is 4.39 Å². The fraction of sp³-hybridized carbons (Fsp3) is 0.688. The maximum atomic E-state index is 13.2. The minimum absolute atomic E-state index is 0.240. The summed E-state index contributed by atoms with van der Waals surface area (Å²) in [6.45, 7) is 5.52. The third-order valence-corrected chi connectivity index (χ3v) is 4.68. The molecule has 2 aliphatic rings. The first kappa shape index (κ1) is 14.0. The molecule has 2 fully saturated rings. The molecule has 1 unspecified atom stereocenters. The van der Waals surface area contributed by atoms with Crippen molar-refractivity contribution in [1.29, 1.82) is 0 Å². The van der Waals surface area contributed by atoms with Crippen molar-refractivity contribution in [3.8, 4) is 0 Å². The van der Waals surface area contributed by atoms with Gasteiger partial charge in [0.15, 0.2) is 0 Å². The molecule has 1 aliphatic heterocycles. The van der Waals surface area contributed by atoms with Crippen LogP contribution >= 0.6 is 0 Å². The van der Waals surface area contributed by atoms with Crippen molar-refractivity contribution in [3.05, 3.63) is 29.8 Å². The number of aromatic nitrogens is 1. The highest BCUT2D eigenvalue weighted by molar-refractivity contribution is 5.14. The molecule has 3 rings (SSSR count). The summed E-state index contributed by atoms with van der Waals surface area (Å²) in [4.78, 5) is 6.39. The SMILES string of the molecule is CC(c1cncc(F)c1)N1CCC(NCC2CC2)CC1. The van der Waals surface area contributed by atoms with Gasteiger partial charge >= 0.3 is 0 Å². The molecular formula is C16H24FN3. The summed E-state index contributed by atoms with van der Waals surface area (Å²) in [6, 6.07) is 2.53. The van der Waals surface area contributed by atoms with Gasteiger partial charge in [-0.1, -0.05) is 0 Å². The molecule has 0 spiro atoms. The van der Waals surface area contributed by atoms with Gasteiger partial charge in [0.2, 0.25) is 0 Å². The number of hydrogen-bond acceptors (Lipinski definition) is 3. The summed E-state index contributed by atoms with van der Waals surface area (Å²) in [5.74, 6) is 0.709. The van der Waals surface area contributed by atoms with Crippen molar-refractivity contribution in [2.75, 3.05) is 19.6 Å². The highest BCUT2D eigenvalue weighted by Gasteiger charge is 2.26. The number of pyridine rings is 1. The monoisotopic (exact) mass is 277 g/mol. The fourth-order valence-electron chi connectivity index (χ4n) is 3.01. The number of likely N-dealkylation sites (tertiary alicyclic amines) is 1. The Hall–Kier alpha value is -1.00. The molecule has 1 aliphatic carbocycles. The molecule has 1 N–H and O–H groups in total. The van der Waals surface area contributed by atoms with E-state index >= 15 is 0 Å². The van der Waals surface area contributed by atoms with E-state index in [1.54, 1.807) is 12.3 Å². The minimum atomic E-state index is -0.240. The number of nitrogens with one attached hydrogen (secondary N) is 1. The van der Waals surface area contributed by atoms with E-state index in [2.05, 4.69) is 22.1 Å². The second-order valence-electron chi connectivity index (χ2n) is 6.27. The second-order valence-corrected chi connectivity index (χ2v) is 6.27. The van der Waals surface area contributed by atoms with Gasteiger partial charge in [-0.2, -0.15) is 0 Å². The van der Waals surface area contributed by atoms with Crippen molar-refractivity contribution < 1.29 is 4.39 Å². The molecule has 0 aromatic carbocycles. The standard InChI is InChI=1S/C16H24FN3/c1-12(14-8-15(17)11-18-10-14)20-6-4-16(5-7-20)19-9-13-2-3-13/h8,10-13,16,19H,2-7,9H2,1H3. The average Bonchev–Trinajstić information content (AvgIpc) is 3.29. The van der Waals surface area contributed by atoms with Gasteiger partial charge < -0.3 is 5.32 Å². The molecule has 110 valence electrons. The van der Waals surface area contributed by atoms with Gasteiger partial charge in [0.25, 0.3) is 0 Å². The molecule has 1 aromatic heterocycles. The van der Waals surface area contributed by atoms with Crippen LogP contribution in [0.25, 0.3) is 0 Å². The zero-order valence-corrected chi connectivity index (χ0v) is 12.2. The van der Waals surface area contributed by atoms with E-state index in [-0.39, 0.29) is 11.9 Å². The topological polar surface area (TPSA) is 28.2 Å². The molecule has 4 heteroatoms. The average molecular weight is 277 g/mol. The lowest BCUT2D eigenvalue weighted by Crippen LogP contribution is -2.43. The number of nitrogens with zero attached hydrogens (tertiary/aromatic N) is 2. The van der Waals surface area contributed by atoms with E-state index in [9.17, 15) is 4.39 Å². The first-order valence-electron chi connectivity index (χ1n) is 7.80. The Morgan fingerprint density at radius 2 is 2.05 bits per heavy atom. The molecule has 1 atom stereocenters. The van der Waals surface area contributed by atoms with Gasteiger partial charge in [0, 0.05) is 31.4 Å². The van der Waals surface area contributed by atoms with Crippen LogP contribution in [0.5, 0.6) is 0 Å². The van der Waals surface area contributed by atoms with Crippen LogP contribution in [0, 0.1) is 11.7 Å². The zero-order valence-electron chi connectivity index (χ0n) is 12.2. The summed E-state index contributed by atoms with van der Waals surface area (Å²) < 4.78 is 13.2. The number of halogens is 1. The number of hydrogen-bond donors (Lipinski definition) is 1. The van der Waals surface area contributed by atoms with Crippen LogP contribution in [0.1, 0.15) is 44.2 Å². The third kappa shape index (κ3) is 3.55. The summed E-state index contributed by atoms with van der Waals surface area (Å²) in [7, 11) is 0. The first-order chi connectivity index (χ1) is 9.72. The normalized spacial score (nSPS) is 22.9. The number of piperidine rings is 1. The summed E-state index contributed by atoms with van der Waals surface area (Å²) >= 11 is 0. The van der Waals surface area contributed by atoms with Crippen molar-refractivity contribution in [2.24, 2.45) is 5.92 Å². The van der Waals surface area contributed by atoms with Crippen molar-refractivity contribution in [2.45, 2.75) is 44.7 Å².